The van der Waals surface area contributed by atoms with Crippen molar-refractivity contribution >= 4 is 11.7 Å². The summed E-state index contributed by atoms with van der Waals surface area (Å²) in [4.78, 5) is 19.7. The Bertz CT molecular complexity index is 911. The van der Waals surface area contributed by atoms with E-state index in [1.54, 1.807) is 36.4 Å². The van der Waals surface area contributed by atoms with Crippen LogP contribution in [0, 0.1) is 5.92 Å². The van der Waals surface area contributed by atoms with Crippen molar-refractivity contribution in [3.05, 3.63) is 59.8 Å². The minimum atomic E-state index is -2.83. The second-order valence-corrected chi connectivity index (χ2v) is 8.67. The molecule has 166 valence electrons. The molecule has 1 atom stereocenters. The lowest BCUT2D eigenvalue weighted by atomic mass is 9.67. The molecule has 2 aromatic rings. The largest absolute Gasteiger partial charge is 0.384 e. The van der Waals surface area contributed by atoms with Gasteiger partial charge in [-0.05, 0) is 30.5 Å². The molecule has 1 aliphatic heterocycles. The van der Waals surface area contributed by atoms with Crippen molar-refractivity contribution in [3.8, 4) is 0 Å². The van der Waals surface area contributed by atoms with Crippen LogP contribution in [0.1, 0.15) is 36.9 Å². The fraction of sp³-hybridized carbons (Fsp3) is 0.478. The van der Waals surface area contributed by atoms with Crippen LogP contribution < -0.4 is 11.1 Å². The van der Waals surface area contributed by atoms with Crippen LogP contribution in [0.25, 0.3) is 0 Å². The average Bonchev–Trinajstić information content (AvgIpc) is 2.73. The number of hydrogen-bond acceptors (Lipinski definition) is 5. The number of halogens is 2. The number of nitrogens with two attached hydrogens (primary N) is 1. The first-order chi connectivity index (χ1) is 14.8. The predicted octanol–water partition coefficient (Wildman–Crippen LogP) is 2.68. The van der Waals surface area contributed by atoms with E-state index in [-0.39, 0.29) is 6.04 Å². The number of aliphatic hydroxyl groups is 1. The zero-order chi connectivity index (χ0) is 22.1. The first-order valence-electron chi connectivity index (χ1n) is 10.7. The van der Waals surface area contributed by atoms with Crippen molar-refractivity contribution in [2.24, 2.45) is 5.92 Å². The number of nitrogen functional groups attached to an aromatic ring is 1. The second kappa shape index (κ2) is 8.51. The number of hydrogen-bond donors (Lipinski definition) is 3. The quantitative estimate of drug-likeness (QED) is 0.656. The number of likely N-dealkylation sites (tertiary alicyclic amines) is 1. The maximum atomic E-state index is 13.5. The van der Waals surface area contributed by atoms with Gasteiger partial charge >= 0.3 is 0 Å². The Morgan fingerprint density at radius 1 is 1.16 bits per heavy atom. The molecular weight excluding hydrogens is 402 g/mol. The van der Waals surface area contributed by atoms with Gasteiger partial charge in [-0.2, -0.15) is 0 Å². The van der Waals surface area contributed by atoms with Gasteiger partial charge in [-0.25, -0.2) is 13.8 Å². The van der Waals surface area contributed by atoms with E-state index in [9.17, 15) is 18.7 Å². The van der Waals surface area contributed by atoms with Crippen molar-refractivity contribution in [1.82, 2.24) is 15.2 Å². The van der Waals surface area contributed by atoms with Gasteiger partial charge in [0.2, 0.25) is 5.92 Å². The molecule has 1 saturated heterocycles. The Morgan fingerprint density at radius 2 is 1.84 bits per heavy atom. The highest BCUT2D eigenvalue weighted by molar-refractivity contribution is 5.87. The lowest BCUT2D eigenvalue weighted by Crippen LogP contribution is -2.58. The Hall–Kier alpha value is -2.58. The maximum absolute atomic E-state index is 13.5. The number of anilines is 1. The molecule has 2 fully saturated rings. The zero-order valence-electron chi connectivity index (χ0n) is 17.3. The van der Waals surface area contributed by atoms with Crippen molar-refractivity contribution in [2.75, 3.05) is 18.8 Å². The Kier molecular flexibility index (Phi) is 5.94. The molecule has 0 radical (unpaired) electrons. The highest BCUT2D eigenvalue weighted by Gasteiger charge is 2.58. The number of aromatic nitrogens is 1. The molecule has 1 amide bonds. The third-order valence-corrected chi connectivity index (χ3v) is 6.38. The molecule has 4 N–H and O–H groups in total. The second-order valence-electron chi connectivity index (χ2n) is 8.67. The van der Waals surface area contributed by atoms with Crippen LogP contribution >= 0.6 is 0 Å². The van der Waals surface area contributed by atoms with Gasteiger partial charge in [-0.1, -0.05) is 36.4 Å². The summed E-state index contributed by atoms with van der Waals surface area (Å²) in [6.07, 6.45) is 0.439. The predicted molar refractivity (Wildman–Crippen MR) is 113 cm³/mol. The van der Waals surface area contributed by atoms with E-state index in [0.29, 0.717) is 30.8 Å². The van der Waals surface area contributed by atoms with Gasteiger partial charge in [-0.15, -0.1) is 0 Å². The number of rotatable bonds is 6. The number of carbonyl (C=O) groups is 1. The van der Waals surface area contributed by atoms with Gasteiger partial charge < -0.3 is 16.2 Å². The zero-order valence-corrected chi connectivity index (χ0v) is 17.3. The molecule has 0 spiro atoms. The first-order valence-corrected chi connectivity index (χ1v) is 10.7. The average molecular weight is 430 g/mol. The number of nitrogens with zero attached hydrogens (tertiary/aromatic N) is 2. The van der Waals surface area contributed by atoms with E-state index in [4.69, 9.17) is 5.73 Å². The van der Waals surface area contributed by atoms with E-state index < -0.39 is 36.2 Å². The van der Waals surface area contributed by atoms with E-state index in [1.807, 2.05) is 12.1 Å². The van der Waals surface area contributed by atoms with Gasteiger partial charge in [-0.3, -0.25) is 9.69 Å². The van der Waals surface area contributed by atoms with Crippen molar-refractivity contribution in [1.29, 1.82) is 0 Å². The molecule has 6 nitrogen and oxygen atoms in total. The SMILES string of the molecule is Nc1cccc(CN2CCC(NC(=O)C(O)(c3ccccc3)C3CC(F)(F)C3)CC2)n1. The summed E-state index contributed by atoms with van der Waals surface area (Å²) in [6, 6.07) is 13.8. The monoisotopic (exact) mass is 430 g/mol. The van der Waals surface area contributed by atoms with E-state index >= 15 is 0 Å². The van der Waals surface area contributed by atoms with Gasteiger partial charge in [0.1, 0.15) is 5.82 Å². The van der Waals surface area contributed by atoms with Crippen LogP contribution in [-0.2, 0) is 16.9 Å². The van der Waals surface area contributed by atoms with Gasteiger partial charge in [0.05, 0.1) is 5.69 Å². The normalized spacial score (nSPS) is 21.8. The Balaban J connectivity index is 1.38. The molecule has 4 rings (SSSR count). The fourth-order valence-electron chi connectivity index (χ4n) is 4.55. The summed E-state index contributed by atoms with van der Waals surface area (Å²) in [7, 11) is 0. The standard InChI is InChI=1S/C23H28F2N4O2/c24-22(25)13-17(14-22)23(31,16-5-2-1-3-6-16)21(30)28-18-9-11-29(12-10-18)15-19-7-4-8-20(26)27-19/h1-8,17-18,31H,9-15H2,(H2,26,27)(H,28,30). The minimum Gasteiger partial charge on any atom is -0.384 e. The summed E-state index contributed by atoms with van der Waals surface area (Å²) < 4.78 is 27.1. The van der Waals surface area contributed by atoms with Crippen molar-refractivity contribution in [3.63, 3.8) is 0 Å². The Morgan fingerprint density at radius 3 is 2.45 bits per heavy atom. The molecule has 1 saturated carbocycles. The fourth-order valence-corrected chi connectivity index (χ4v) is 4.55. The van der Waals surface area contributed by atoms with Crippen LogP contribution in [0.4, 0.5) is 14.6 Å². The van der Waals surface area contributed by atoms with E-state index in [1.165, 1.54) is 0 Å². The number of benzene rings is 1. The number of alkyl halides is 2. The number of carbonyl (C=O) groups excluding carboxylic acids is 1. The van der Waals surface area contributed by atoms with Crippen LogP contribution in [0.3, 0.4) is 0 Å². The van der Waals surface area contributed by atoms with Gasteiger partial charge in [0.15, 0.2) is 5.60 Å². The highest BCUT2D eigenvalue weighted by Crippen LogP contribution is 2.51. The summed E-state index contributed by atoms with van der Waals surface area (Å²) in [5.41, 5.74) is 5.04. The summed E-state index contributed by atoms with van der Waals surface area (Å²) >= 11 is 0. The van der Waals surface area contributed by atoms with Crippen LogP contribution in [0.15, 0.2) is 48.5 Å². The lowest BCUT2D eigenvalue weighted by molar-refractivity contribution is -0.189. The molecule has 1 aromatic heterocycles. The molecule has 1 aliphatic carbocycles. The Labute approximate surface area is 180 Å². The third-order valence-electron chi connectivity index (χ3n) is 6.38. The van der Waals surface area contributed by atoms with Crippen LogP contribution in [0.5, 0.6) is 0 Å². The molecule has 2 heterocycles. The third kappa shape index (κ3) is 4.70. The number of piperidine rings is 1. The molecule has 8 heteroatoms. The molecular formula is C23H28F2N4O2. The first kappa shape index (κ1) is 21.6. The number of nitrogens with one attached hydrogen (secondary N) is 1. The maximum Gasteiger partial charge on any atom is 0.257 e. The molecule has 31 heavy (non-hydrogen) atoms. The molecule has 2 aliphatic rings. The van der Waals surface area contributed by atoms with E-state index in [0.717, 1.165) is 18.8 Å². The van der Waals surface area contributed by atoms with E-state index in [2.05, 4.69) is 15.2 Å². The minimum absolute atomic E-state index is 0.117. The lowest BCUT2D eigenvalue weighted by Gasteiger charge is -2.45. The highest BCUT2D eigenvalue weighted by atomic mass is 19.3. The van der Waals surface area contributed by atoms with Crippen LogP contribution in [0.2, 0.25) is 0 Å². The summed E-state index contributed by atoms with van der Waals surface area (Å²) in [5, 5.41) is 14.3. The van der Waals surface area contributed by atoms with Gasteiger partial charge in [0.25, 0.3) is 5.91 Å². The summed E-state index contributed by atoms with van der Waals surface area (Å²) in [5.74, 6) is -3.73. The summed E-state index contributed by atoms with van der Waals surface area (Å²) in [6.45, 7) is 2.19. The molecule has 1 aromatic carbocycles. The van der Waals surface area contributed by atoms with Crippen molar-refractivity contribution in [2.45, 2.75) is 49.8 Å². The number of pyridine rings is 1. The van der Waals surface area contributed by atoms with Gasteiger partial charge in [0, 0.05) is 44.4 Å². The van der Waals surface area contributed by atoms with Crippen LogP contribution in [-0.4, -0.2) is 46.0 Å². The smallest absolute Gasteiger partial charge is 0.257 e. The number of amides is 1. The molecule has 0 bridgehead atoms. The topological polar surface area (TPSA) is 91.5 Å². The van der Waals surface area contributed by atoms with Crippen molar-refractivity contribution < 1.29 is 18.7 Å². The molecule has 1 unspecified atom stereocenters.